The predicted octanol–water partition coefficient (Wildman–Crippen LogP) is 2.51. The lowest BCUT2D eigenvalue weighted by Crippen LogP contribution is -2.54. The molecule has 34 heavy (non-hydrogen) atoms. The van der Waals surface area contributed by atoms with E-state index in [9.17, 15) is 9.59 Å². The number of piperidine rings is 1. The Labute approximate surface area is 202 Å². The molecule has 1 N–H and O–H groups in total. The van der Waals surface area contributed by atoms with E-state index in [2.05, 4.69) is 34.1 Å². The molecule has 8 heteroatoms. The van der Waals surface area contributed by atoms with Gasteiger partial charge in [-0.2, -0.15) is 5.10 Å². The molecule has 3 aliphatic heterocycles. The van der Waals surface area contributed by atoms with Crippen molar-refractivity contribution in [3.8, 4) is 0 Å². The fourth-order valence-electron chi connectivity index (χ4n) is 6.20. The van der Waals surface area contributed by atoms with Crippen LogP contribution in [0.25, 0.3) is 10.9 Å². The summed E-state index contributed by atoms with van der Waals surface area (Å²) in [4.78, 5) is 31.9. The topological polar surface area (TPSA) is 73.7 Å². The number of carbonyl (C=O) groups excluding carboxylic acids is 2. The van der Waals surface area contributed by atoms with Gasteiger partial charge in [0, 0.05) is 75.7 Å². The first-order valence-corrected chi connectivity index (χ1v) is 12.9. The summed E-state index contributed by atoms with van der Waals surface area (Å²) in [5.74, 6) is 0.141. The monoisotopic (exact) mass is 466 g/mol. The van der Waals surface area contributed by atoms with Crippen molar-refractivity contribution < 1.29 is 9.59 Å². The minimum absolute atomic E-state index is 0.0446. The van der Waals surface area contributed by atoms with Crippen LogP contribution < -0.4 is 5.32 Å². The number of rotatable bonds is 6. The van der Waals surface area contributed by atoms with Crippen molar-refractivity contribution in [2.24, 2.45) is 0 Å². The van der Waals surface area contributed by atoms with Gasteiger partial charge in [0.15, 0.2) is 5.69 Å². The van der Waals surface area contributed by atoms with Crippen molar-refractivity contribution in [3.63, 3.8) is 0 Å². The first kappa shape index (κ1) is 23.3. The average Bonchev–Trinajstić information content (AvgIpc) is 3.33. The smallest absolute Gasteiger partial charge is 0.272 e. The summed E-state index contributed by atoms with van der Waals surface area (Å²) in [5, 5.41) is 8.95. The van der Waals surface area contributed by atoms with E-state index < -0.39 is 0 Å². The highest BCUT2D eigenvalue weighted by Crippen LogP contribution is 2.35. The molecule has 2 aromatic rings. The van der Waals surface area contributed by atoms with Crippen LogP contribution in [0, 0.1) is 0 Å². The van der Waals surface area contributed by atoms with Crippen molar-refractivity contribution in [3.05, 3.63) is 30.0 Å². The molecule has 3 fully saturated rings. The predicted molar refractivity (Wildman–Crippen MR) is 133 cm³/mol. The lowest BCUT2D eigenvalue weighted by molar-refractivity contribution is -0.130. The summed E-state index contributed by atoms with van der Waals surface area (Å²) in [5.41, 5.74) is 1.56. The van der Waals surface area contributed by atoms with Gasteiger partial charge in [-0.05, 0) is 45.6 Å². The SMILES string of the molecule is CC(=O)N1CCN(CCN2C3CC[C@H]2CC(NC(=O)c2nn(C(C)C)c4ccccc24)C3)CC1. The molecule has 3 atom stereocenters. The van der Waals surface area contributed by atoms with E-state index in [4.69, 9.17) is 0 Å². The summed E-state index contributed by atoms with van der Waals surface area (Å²) in [6.07, 6.45) is 4.48. The maximum absolute atomic E-state index is 13.2. The van der Waals surface area contributed by atoms with Gasteiger partial charge in [0.1, 0.15) is 0 Å². The first-order valence-electron chi connectivity index (χ1n) is 12.9. The Morgan fingerprint density at radius 2 is 1.71 bits per heavy atom. The summed E-state index contributed by atoms with van der Waals surface area (Å²) in [6, 6.07) is 9.53. The van der Waals surface area contributed by atoms with Crippen molar-refractivity contribution in [2.75, 3.05) is 39.3 Å². The van der Waals surface area contributed by atoms with E-state index in [0.29, 0.717) is 17.8 Å². The molecular formula is C26H38N6O2. The van der Waals surface area contributed by atoms with Crippen LogP contribution in [0.4, 0.5) is 0 Å². The molecule has 5 rings (SSSR count). The Balaban J connectivity index is 1.17. The molecular weight excluding hydrogens is 428 g/mol. The van der Waals surface area contributed by atoms with Crippen LogP contribution in [-0.2, 0) is 4.79 Å². The zero-order chi connectivity index (χ0) is 23.8. The number of benzene rings is 1. The second kappa shape index (κ2) is 9.66. The Kier molecular flexibility index (Phi) is 6.62. The number of aromatic nitrogens is 2. The number of nitrogens with one attached hydrogen (secondary N) is 1. The minimum Gasteiger partial charge on any atom is -0.348 e. The van der Waals surface area contributed by atoms with E-state index >= 15 is 0 Å². The van der Waals surface area contributed by atoms with Crippen LogP contribution in [0.15, 0.2) is 24.3 Å². The highest BCUT2D eigenvalue weighted by Gasteiger charge is 2.41. The van der Waals surface area contributed by atoms with Crippen LogP contribution >= 0.6 is 0 Å². The lowest BCUT2D eigenvalue weighted by Gasteiger charge is -2.41. The van der Waals surface area contributed by atoms with E-state index in [1.807, 2.05) is 33.8 Å². The zero-order valence-corrected chi connectivity index (χ0v) is 20.7. The van der Waals surface area contributed by atoms with Crippen LogP contribution in [0.2, 0.25) is 0 Å². The fraction of sp³-hybridized carbons (Fsp3) is 0.654. The van der Waals surface area contributed by atoms with Crippen LogP contribution in [0.5, 0.6) is 0 Å². The van der Waals surface area contributed by atoms with Crippen molar-refractivity contribution in [2.45, 2.75) is 70.6 Å². The van der Waals surface area contributed by atoms with Crippen LogP contribution in [-0.4, -0.2) is 93.7 Å². The molecule has 4 heterocycles. The normalized spacial score (nSPS) is 25.9. The quantitative estimate of drug-likeness (QED) is 0.708. The summed E-state index contributed by atoms with van der Waals surface area (Å²) in [7, 11) is 0. The second-order valence-corrected chi connectivity index (χ2v) is 10.5. The third kappa shape index (κ3) is 4.58. The number of para-hydroxylation sites is 1. The highest BCUT2D eigenvalue weighted by molar-refractivity contribution is 6.05. The van der Waals surface area contributed by atoms with E-state index in [0.717, 1.165) is 63.0 Å². The number of piperazine rings is 1. The van der Waals surface area contributed by atoms with E-state index in [1.165, 1.54) is 12.8 Å². The molecule has 8 nitrogen and oxygen atoms in total. The molecule has 1 aromatic carbocycles. The Morgan fingerprint density at radius 1 is 1.03 bits per heavy atom. The molecule has 0 radical (unpaired) electrons. The number of carbonyl (C=O) groups is 2. The first-order chi connectivity index (χ1) is 16.4. The largest absolute Gasteiger partial charge is 0.348 e. The number of hydrogen-bond acceptors (Lipinski definition) is 5. The molecule has 3 aliphatic rings. The zero-order valence-electron chi connectivity index (χ0n) is 20.7. The van der Waals surface area contributed by atoms with Crippen molar-refractivity contribution >= 4 is 22.7 Å². The van der Waals surface area contributed by atoms with Gasteiger partial charge in [-0.3, -0.25) is 24.1 Å². The van der Waals surface area contributed by atoms with Gasteiger partial charge >= 0.3 is 0 Å². The third-order valence-corrected chi connectivity index (χ3v) is 8.03. The molecule has 2 bridgehead atoms. The Bertz CT molecular complexity index is 1030. The highest BCUT2D eigenvalue weighted by atomic mass is 16.2. The molecule has 0 aliphatic carbocycles. The molecule has 0 spiro atoms. The maximum atomic E-state index is 13.2. The van der Waals surface area contributed by atoms with Gasteiger partial charge in [-0.15, -0.1) is 0 Å². The van der Waals surface area contributed by atoms with Gasteiger partial charge in [0.2, 0.25) is 5.91 Å². The molecule has 2 amide bonds. The second-order valence-electron chi connectivity index (χ2n) is 10.5. The van der Waals surface area contributed by atoms with Gasteiger partial charge in [-0.1, -0.05) is 18.2 Å². The van der Waals surface area contributed by atoms with E-state index in [1.54, 1.807) is 6.92 Å². The summed E-state index contributed by atoms with van der Waals surface area (Å²) >= 11 is 0. The van der Waals surface area contributed by atoms with Gasteiger partial charge in [-0.25, -0.2) is 0 Å². The number of nitrogens with zero attached hydrogens (tertiary/aromatic N) is 5. The molecule has 1 aromatic heterocycles. The number of fused-ring (bicyclic) bond motifs is 3. The average molecular weight is 467 g/mol. The molecule has 3 saturated heterocycles. The van der Waals surface area contributed by atoms with Crippen LogP contribution in [0.3, 0.4) is 0 Å². The maximum Gasteiger partial charge on any atom is 0.272 e. The fourth-order valence-corrected chi connectivity index (χ4v) is 6.20. The molecule has 0 saturated carbocycles. The number of amides is 2. The Hall–Kier alpha value is -2.45. The summed E-state index contributed by atoms with van der Waals surface area (Å²) in [6.45, 7) is 11.6. The standard InChI is InChI=1S/C26H38N6O2/c1-18(2)32-24-7-5-4-6-23(24)25(28-32)26(34)27-20-16-21-8-9-22(17-20)31(21)15-12-29-10-13-30(14-11-29)19(3)33/h4-7,18,20-22H,8-17H2,1-3H3,(H,27,34)/t20?,21-,22?/m0/s1. The van der Waals surface area contributed by atoms with Gasteiger partial charge in [0.25, 0.3) is 5.91 Å². The van der Waals surface area contributed by atoms with Gasteiger partial charge in [0.05, 0.1) is 5.52 Å². The lowest BCUT2D eigenvalue weighted by atomic mass is 9.97. The van der Waals surface area contributed by atoms with Crippen LogP contribution in [0.1, 0.15) is 63.0 Å². The molecule has 2 unspecified atom stereocenters. The minimum atomic E-state index is -0.0446. The van der Waals surface area contributed by atoms with Crippen molar-refractivity contribution in [1.82, 2.24) is 29.8 Å². The van der Waals surface area contributed by atoms with E-state index in [-0.39, 0.29) is 23.9 Å². The van der Waals surface area contributed by atoms with Gasteiger partial charge < -0.3 is 10.2 Å². The number of hydrogen-bond donors (Lipinski definition) is 1. The third-order valence-electron chi connectivity index (χ3n) is 8.03. The van der Waals surface area contributed by atoms with Crippen molar-refractivity contribution in [1.29, 1.82) is 0 Å². The Morgan fingerprint density at radius 3 is 2.35 bits per heavy atom. The summed E-state index contributed by atoms with van der Waals surface area (Å²) < 4.78 is 1.95. The molecule has 184 valence electrons.